The summed E-state index contributed by atoms with van der Waals surface area (Å²) in [5.74, 6) is -0.241. The van der Waals surface area contributed by atoms with E-state index in [2.05, 4.69) is 17.1 Å². The van der Waals surface area contributed by atoms with Gasteiger partial charge in [-0.3, -0.25) is 9.69 Å². The van der Waals surface area contributed by atoms with Crippen molar-refractivity contribution in [2.75, 3.05) is 20.1 Å². The van der Waals surface area contributed by atoms with Crippen LogP contribution in [0, 0.1) is 5.82 Å². The van der Waals surface area contributed by atoms with Crippen molar-refractivity contribution in [3.8, 4) is 0 Å². The summed E-state index contributed by atoms with van der Waals surface area (Å²) in [6.45, 7) is 4.94. The van der Waals surface area contributed by atoms with E-state index < -0.39 is 0 Å². The van der Waals surface area contributed by atoms with E-state index in [1.165, 1.54) is 19.1 Å². The number of rotatable bonds is 5. The highest BCUT2D eigenvalue weighted by Gasteiger charge is 2.11. The number of halogens is 1. The van der Waals surface area contributed by atoms with Crippen molar-refractivity contribution in [1.29, 1.82) is 0 Å². The first-order chi connectivity index (χ1) is 8.00. The Morgan fingerprint density at radius 1 is 1.41 bits per heavy atom. The first-order valence-electron chi connectivity index (χ1n) is 5.71. The summed E-state index contributed by atoms with van der Waals surface area (Å²) in [5.41, 5.74) is 1.07. The van der Waals surface area contributed by atoms with Gasteiger partial charge in [-0.05, 0) is 31.7 Å². The van der Waals surface area contributed by atoms with E-state index in [0.717, 1.165) is 12.1 Å². The van der Waals surface area contributed by atoms with Crippen molar-refractivity contribution in [1.82, 2.24) is 10.2 Å². The minimum atomic E-state index is -0.221. The van der Waals surface area contributed by atoms with Crippen molar-refractivity contribution in [3.05, 3.63) is 35.6 Å². The lowest BCUT2D eigenvalue weighted by Gasteiger charge is -2.25. The molecular formula is C13H19FN2O. The molecule has 17 heavy (non-hydrogen) atoms. The third-order valence-corrected chi connectivity index (χ3v) is 2.85. The molecule has 0 fully saturated rings. The molecule has 0 unspecified atom stereocenters. The molecule has 94 valence electrons. The minimum Gasteiger partial charge on any atom is -0.355 e. The molecule has 0 aliphatic rings. The number of amides is 1. The standard InChI is InChI=1S/C13H19FN2O/c1-10(12-4-6-13(14)7-5-12)16(3)9-8-15-11(2)17/h4-7,10H,8-9H2,1-3H3,(H,15,17)/t10-/m0/s1. The van der Waals surface area contributed by atoms with Gasteiger partial charge in [-0.1, -0.05) is 12.1 Å². The molecule has 0 aromatic heterocycles. The van der Waals surface area contributed by atoms with Gasteiger partial charge in [0.15, 0.2) is 0 Å². The summed E-state index contributed by atoms with van der Waals surface area (Å²) in [5, 5.41) is 2.75. The molecule has 0 radical (unpaired) electrons. The van der Waals surface area contributed by atoms with Crippen molar-refractivity contribution in [3.63, 3.8) is 0 Å². The smallest absolute Gasteiger partial charge is 0.216 e. The van der Waals surface area contributed by atoms with Gasteiger partial charge in [0.25, 0.3) is 0 Å². The van der Waals surface area contributed by atoms with Crippen LogP contribution in [0.1, 0.15) is 25.5 Å². The van der Waals surface area contributed by atoms with Crippen LogP contribution in [0.15, 0.2) is 24.3 Å². The van der Waals surface area contributed by atoms with E-state index >= 15 is 0 Å². The molecule has 1 aromatic rings. The zero-order valence-electron chi connectivity index (χ0n) is 10.5. The number of benzene rings is 1. The molecule has 0 bridgehead atoms. The molecular weight excluding hydrogens is 219 g/mol. The molecule has 1 amide bonds. The van der Waals surface area contributed by atoms with E-state index in [0.29, 0.717) is 6.54 Å². The number of hydrogen-bond acceptors (Lipinski definition) is 2. The van der Waals surface area contributed by atoms with E-state index in [-0.39, 0.29) is 17.8 Å². The Morgan fingerprint density at radius 2 is 2.00 bits per heavy atom. The van der Waals surface area contributed by atoms with Crippen LogP contribution in [0.4, 0.5) is 4.39 Å². The Kier molecular flexibility index (Phi) is 5.10. The van der Waals surface area contributed by atoms with Gasteiger partial charge in [-0.25, -0.2) is 4.39 Å². The van der Waals surface area contributed by atoms with E-state index in [1.807, 2.05) is 7.05 Å². The van der Waals surface area contributed by atoms with Crippen molar-refractivity contribution >= 4 is 5.91 Å². The average Bonchev–Trinajstić information content (AvgIpc) is 2.28. The fourth-order valence-electron chi connectivity index (χ4n) is 1.60. The topological polar surface area (TPSA) is 32.3 Å². The number of carbonyl (C=O) groups excluding carboxylic acids is 1. The first-order valence-corrected chi connectivity index (χ1v) is 5.71. The van der Waals surface area contributed by atoms with Crippen LogP contribution >= 0.6 is 0 Å². The highest BCUT2D eigenvalue weighted by atomic mass is 19.1. The molecule has 0 saturated heterocycles. The van der Waals surface area contributed by atoms with Crippen molar-refractivity contribution in [2.45, 2.75) is 19.9 Å². The van der Waals surface area contributed by atoms with Crippen LogP contribution in [-0.4, -0.2) is 30.9 Å². The second kappa shape index (κ2) is 6.35. The van der Waals surface area contributed by atoms with Crippen LogP contribution in [0.25, 0.3) is 0 Å². The SMILES string of the molecule is CC(=O)NCCN(C)[C@@H](C)c1ccc(F)cc1. The third-order valence-electron chi connectivity index (χ3n) is 2.85. The van der Waals surface area contributed by atoms with Gasteiger partial charge in [0.05, 0.1) is 0 Å². The molecule has 1 rings (SSSR count). The zero-order valence-corrected chi connectivity index (χ0v) is 10.5. The monoisotopic (exact) mass is 238 g/mol. The molecule has 4 heteroatoms. The van der Waals surface area contributed by atoms with Gasteiger partial charge in [-0.2, -0.15) is 0 Å². The van der Waals surface area contributed by atoms with Crippen LogP contribution in [0.5, 0.6) is 0 Å². The number of nitrogens with zero attached hydrogens (tertiary/aromatic N) is 1. The maximum Gasteiger partial charge on any atom is 0.216 e. The molecule has 0 spiro atoms. The Hall–Kier alpha value is -1.42. The Labute approximate surface area is 102 Å². The van der Waals surface area contributed by atoms with Crippen molar-refractivity contribution in [2.24, 2.45) is 0 Å². The first kappa shape index (κ1) is 13.6. The molecule has 1 aromatic carbocycles. The average molecular weight is 238 g/mol. The summed E-state index contributed by atoms with van der Waals surface area (Å²) in [4.78, 5) is 12.8. The minimum absolute atomic E-state index is 0.0205. The Morgan fingerprint density at radius 3 is 2.53 bits per heavy atom. The second-order valence-corrected chi connectivity index (χ2v) is 4.19. The van der Waals surface area contributed by atoms with E-state index in [4.69, 9.17) is 0 Å². The highest BCUT2D eigenvalue weighted by Crippen LogP contribution is 2.18. The summed E-state index contributed by atoms with van der Waals surface area (Å²) >= 11 is 0. The number of nitrogens with one attached hydrogen (secondary N) is 1. The van der Waals surface area contributed by atoms with Crippen LogP contribution in [0.3, 0.4) is 0 Å². The van der Waals surface area contributed by atoms with Gasteiger partial charge < -0.3 is 5.32 Å². The highest BCUT2D eigenvalue weighted by molar-refractivity contribution is 5.72. The number of carbonyl (C=O) groups is 1. The Balaban J connectivity index is 2.48. The van der Waals surface area contributed by atoms with Crippen LogP contribution in [0.2, 0.25) is 0 Å². The Bertz CT molecular complexity index is 364. The van der Waals surface area contributed by atoms with Crippen molar-refractivity contribution < 1.29 is 9.18 Å². The van der Waals surface area contributed by atoms with Gasteiger partial charge in [0.1, 0.15) is 5.82 Å². The molecule has 0 aliphatic heterocycles. The fraction of sp³-hybridized carbons (Fsp3) is 0.462. The predicted molar refractivity (Wildman–Crippen MR) is 66.1 cm³/mol. The lowest BCUT2D eigenvalue weighted by molar-refractivity contribution is -0.119. The lowest BCUT2D eigenvalue weighted by Crippen LogP contribution is -2.33. The van der Waals surface area contributed by atoms with Gasteiger partial charge in [-0.15, -0.1) is 0 Å². The fourth-order valence-corrected chi connectivity index (χ4v) is 1.60. The lowest BCUT2D eigenvalue weighted by atomic mass is 10.1. The van der Waals surface area contributed by atoms with Gasteiger partial charge >= 0.3 is 0 Å². The third kappa shape index (κ3) is 4.53. The normalized spacial score (nSPS) is 12.5. The number of likely N-dealkylation sites (N-methyl/N-ethyl adjacent to an activating group) is 1. The molecule has 0 heterocycles. The van der Waals surface area contributed by atoms with E-state index in [9.17, 15) is 9.18 Å². The van der Waals surface area contributed by atoms with Gasteiger partial charge in [0, 0.05) is 26.1 Å². The summed E-state index contributed by atoms with van der Waals surface area (Å²) in [7, 11) is 1.98. The van der Waals surface area contributed by atoms with Crippen LogP contribution < -0.4 is 5.32 Å². The van der Waals surface area contributed by atoms with E-state index in [1.54, 1.807) is 12.1 Å². The zero-order chi connectivity index (χ0) is 12.8. The molecule has 3 nitrogen and oxygen atoms in total. The van der Waals surface area contributed by atoms with Crippen LogP contribution in [-0.2, 0) is 4.79 Å². The summed E-state index contributed by atoms with van der Waals surface area (Å²) < 4.78 is 12.8. The molecule has 0 aliphatic carbocycles. The summed E-state index contributed by atoms with van der Waals surface area (Å²) in [6.07, 6.45) is 0. The van der Waals surface area contributed by atoms with Gasteiger partial charge in [0.2, 0.25) is 5.91 Å². The second-order valence-electron chi connectivity index (χ2n) is 4.19. The largest absolute Gasteiger partial charge is 0.355 e. The quantitative estimate of drug-likeness (QED) is 0.850. The maximum absolute atomic E-state index is 12.8. The summed E-state index contributed by atoms with van der Waals surface area (Å²) in [6, 6.07) is 6.70. The maximum atomic E-state index is 12.8. The molecule has 1 atom stereocenters. The number of hydrogen-bond donors (Lipinski definition) is 1. The molecule has 0 saturated carbocycles. The predicted octanol–water partition coefficient (Wildman–Crippen LogP) is 1.95. The molecule has 1 N–H and O–H groups in total.